The lowest BCUT2D eigenvalue weighted by Crippen LogP contribution is -2.23. The minimum atomic E-state index is -0.0111. The Bertz CT molecular complexity index is 184. The molecular weight excluding hydrogens is 244 g/mol. The highest BCUT2D eigenvalue weighted by atomic mass is 16.3. The minimum absolute atomic E-state index is 0.0111. The van der Waals surface area contributed by atoms with Crippen molar-refractivity contribution in [2.75, 3.05) is 26.4 Å². The summed E-state index contributed by atoms with van der Waals surface area (Å²) >= 11 is 0. The number of rotatable bonds is 12. The van der Waals surface area contributed by atoms with E-state index in [0.29, 0.717) is 25.7 Å². The van der Waals surface area contributed by atoms with Gasteiger partial charge in [0.2, 0.25) is 0 Å². The second-order valence-corrected chi connectivity index (χ2v) is 6.37. The molecule has 0 aromatic carbocycles. The normalized spacial score (nSPS) is 12.9. The molecule has 0 amide bonds. The molecule has 0 unspecified atom stereocenters. The summed E-state index contributed by atoms with van der Waals surface area (Å²) in [5, 5.41) is 36.4. The molecule has 0 aliphatic heterocycles. The van der Waals surface area contributed by atoms with Crippen molar-refractivity contribution in [3.63, 3.8) is 0 Å². The highest BCUT2D eigenvalue weighted by Crippen LogP contribution is 2.37. The summed E-state index contributed by atoms with van der Waals surface area (Å²) in [5.74, 6) is 0. The van der Waals surface area contributed by atoms with Gasteiger partial charge in [0.1, 0.15) is 0 Å². The van der Waals surface area contributed by atoms with E-state index < -0.39 is 0 Å². The zero-order valence-electron chi connectivity index (χ0n) is 12.6. The van der Waals surface area contributed by atoms with Crippen molar-refractivity contribution >= 4 is 0 Å². The number of aliphatic hydroxyl groups is 4. The SMILES string of the molecule is CC(CCO)(CCO)CCCC(C)(CCO)CCO. The minimum Gasteiger partial charge on any atom is -0.396 e. The van der Waals surface area contributed by atoms with Crippen molar-refractivity contribution in [1.29, 1.82) is 0 Å². The van der Waals surface area contributed by atoms with Crippen molar-refractivity contribution in [3.05, 3.63) is 0 Å². The Morgan fingerprint density at radius 3 is 1.00 bits per heavy atom. The molecule has 0 heterocycles. The van der Waals surface area contributed by atoms with Crippen LogP contribution in [0.1, 0.15) is 58.8 Å². The Kier molecular flexibility index (Phi) is 9.62. The number of hydrogen-bond donors (Lipinski definition) is 4. The van der Waals surface area contributed by atoms with Crippen LogP contribution in [0.25, 0.3) is 0 Å². The van der Waals surface area contributed by atoms with Gasteiger partial charge in [0.05, 0.1) is 0 Å². The molecule has 0 aliphatic rings. The van der Waals surface area contributed by atoms with Gasteiger partial charge in [0, 0.05) is 26.4 Å². The van der Waals surface area contributed by atoms with Crippen LogP contribution in [-0.2, 0) is 0 Å². The van der Waals surface area contributed by atoms with E-state index in [9.17, 15) is 0 Å². The van der Waals surface area contributed by atoms with Gasteiger partial charge < -0.3 is 20.4 Å². The van der Waals surface area contributed by atoms with Crippen LogP contribution in [0, 0.1) is 10.8 Å². The first-order valence-electron chi connectivity index (χ1n) is 7.39. The first-order chi connectivity index (χ1) is 8.95. The van der Waals surface area contributed by atoms with E-state index in [1.165, 1.54) is 0 Å². The Morgan fingerprint density at radius 1 is 0.526 bits per heavy atom. The van der Waals surface area contributed by atoms with Crippen LogP contribution in [0.5, 0.6) is 0 Å². The molecule has 0 fully saturated rings. The average Bonchev–Trinajstić information content (AvgIpc) is 2.29. The van der Waals surface area contributed by atoms with Crippen LogP contribution in [0.3, 0.4) is 0 Å². The van der Waals surface area contributed by atoms with Gasteiger partial charge in [-0.05, 0) is 49.4 Å². The predicted octanol–water partition coefficient (Wildman–Crippen LogP) is 1.70. The summed E-state index contributed by atoms with van der Waals surface area (Å²) in [6, 6.07) is 0. The molecule has 0 rings (SSSR count). The Morgan fingerprint density at radius 2 is 0.789 bits per heavy atom. The predicted molar refractivity (Wildman–Crippen MR) is 76.9 cm³/mol. The van der Waals surface area contributed by atoms with Crippen LogP contribution in [0.15, 0.2) is 0 Å². The monoisotopic (exact) mass is 276 g/mol. The Hall–Kier alpha value is -0.160. The summed E-state index contributed by atoms with van der Waals surface area (Å²) in [5.41, 5.74) is -0.0221. The van der Waals surface area contributed by atoms with Crippen molar-refractivity contribution < 1.29 is 20.4 Å². The third-order valence-electron chi connectivity index (χ3n) is 4.42. The van der Waals surface area contributed by atoms with Gasteiger partial charge in [0.25, 0.3) is 0 Å². The molecule has 0 spiro atoms. The van der Waals surface area contributed by atoms with Gasteiger partial charge in [-0.3, -0.25) is 0 Å². The van der Waals surface area contributed by atoms with E-state index >= 15 is 0 Å². The summed E-state index contributed by atoms with van der Waals surface area (Å²) in [6.45, 7) is 4.83. The fourth-order valence-electron chi connectivity index (χ4n) is 2.77. The lowest BCUT2D eigenvalue weighted by Gasteiger charge is -2.32. The fourth-order valence-corrected chi connectivity index (χ4v) is 2.77. The molecule has 0 radical (unpaired) electrons. The number of hydrogen-bond acceptors (Lipinski definition) is 4. The van der Waals surface area contributed by atoms with Gasteiger partial charge in [-0.1, -0.05) is 20.3 Å². The largest absolute Gasteiger partial charge is 0.396 e. The highest BCUT2D eigenvalue weighted by Gasteiger charge is 2.27. The molecule has 0 saturated carbocycles. The molecule has 116 valence electrons. The maximum atomic E-state index is 9.11. The first-order valence-corrected chi connectivity index (χ1v) is 7.39. The zero-order valence-corrected chi connectivity index (χ0v) is 12.6. The molecule has 0 saturated heterocycles. The molecule has 0 atom stereocenters. The quantitative estimate of drug-likeness (QED) is 0.437. The average molecular weight is 276 g/mol. The lowest BCUT2D eigenvalue weighted by molar-refractivity contribution is 0.113. The van der Waals surface area contributed by atoms with Crippen LogP contribution in [0.4, 0.5) is 0 Å². The van der Waals surface area contributed by atoms with E-state index in [4.69, 9.17) is 20.4 Å². The molecular formula is C15H32O4. The fraction of sp³-hybridized carbons (Fsp3) is 1.00. The molecule has 0 bridgehead atoms. The van der Waals surface area contributed by atoms with Crippen molar-refractivity contribution in [3.8, 4) is 0 Å². The van der Waals surface area contributed by atoms with E-state index in [2.05, 4.69) is 13.8 Å². The summed E-state index contributed by atoms with van der Waals surface area (Å²) in [7, 11) is 0. The third kappa shape index (κ3) is 7.88. The Balaban J connectivity index is 4.27. The maximum Gasteiger partial charge on any atom is 0.0436 e. The van der Waals surface area contributed by atoms with E-state index in [1.54, 1.807) is 0 Å². The topological polar surface area (TPSA) is 80.9 Å². The van der Waals surface area contributed by atoms with Gasteiger partial charge >= 0.3 is 0 Å². The summed E-state index contributed by atoms with van der Waals surface area (Å²) < 4.78 is 0. The molecule has 4 nitrogen and oxygen atoms in total. The van der Waals surface area contributed by atoms with E-state index in [-0.39, 0.29) is 37.3 Å². The molecule has 0 aromatic rings. The smallest absolute Gasteiger partial charge is 0.0436 e. The van der Waals surface area contributed by atoms with Gasteiger partial charge in [-0.2, -0.15) is 0 Å². The molecule has 0 aliphatic carbocycles. The Labute approximate surface area is 117 Å². The summed E-state index contributed by atoms with van der Waals surface area (Å²) in [4.78, 5) is 0. The molecule has 19 heavy (non-hydrogen) atoms. The highest BCUT2D eigenvalue weighted by molar-refractivity contribution is 4.78. The van der Waals surface area contributed by atoms with Gasteiger partial charge in [0.15, 0.2) is 0 Å². The van der Waals surface area contributed by atoms with Crippen LogP contribution in [-0.4, -0.2) is 46.9 Å². The zero-order chi connectivity index (χ0) is 14.8. The van der Waals surface area contributed by atoms with Crippen LogP contribution < -0.4 is 0 Å². The second-order valence-electron chi connectivity index (χ2n) is 6.37. The van der Waals surface area contributed by atoms with Crippen LogP contribution in [0.2, 0.25) is 0 Å². The van der Waals surface area contributed by atoms with E-state index in [0.717, 1.165) is 19.3 Å². The molecule has 4 heteroatoms. The van der Waals surface area contributed by atoms with Gasteiger partial charge in [-0.25, -0.2) is 0 Å². The van der Waals surface area contributed by atoms with Crippen molar-refractivity contribution in [1.82, 2.24) is 0 Å². The summed E-state index contributed by atoms with van der Waals surface area (Å²) in [6.07, 6.45) is 5.76. The maximum absolute atomic E-state index is 9.11. The first kappa shape index (κ1) is 18.8. The third-order valence-corrected chi connectivity index (χ3v) is 4.42. The van der Waals surface area contributed by atoms with Crippen molar-refractivity contribution in [2.24, 2.45) is 10.8 Å². The van der Waals surface area contributed by atoms with Crippen molar-refractivity contribution in [2.45, 2.75) is 58.8 Å². The molecule has 0 aromatic heterocycles. The lowest BCUT2D eigenvalue weighted by atomic mass is 9.74. The standard InChI is InChI=1S/C15H32O4/c1-14(6-10-16,7-11-17)4-3-5-15(2,8-12-18)9-13-19/h16-19H,3-13H2,1-2H3. The second kappa shape index (κ2) is 9.70. The molecule has 4 N–H and O–H groups in total. The van der Waals surface area contributed by atoms with E-state index in [1.807, 2.05) is 0 Å². The van der Waals surface area contributed by atoms with Gasteiger partial charge in [-0.15, -0.1) is 0 Å². The number of aliphatic hydroxyl groups excluding tert-OH is 4. The van der Waals surface area contributed by atoms with Crippen LogP contribution >= 0.6 is 0 Å².